The number of hydrogen-bond donors (Lipinski definition) is 0. The van der Waals surface area contributed by atoms with Gasteiger partial charge in [0.1, 0.15) is 0 Å². The molecular formula is C24H48O2. The first-order valence-corrected chi connectivity index (χ1v) is 11.8. The van der Waals surface area contributed by atoms with Crippen LogP contribution in [0.4, 0.5) is 0 Å². The van der Waals surface area contributed by atoms with Crippen LogP contribution in [0.2, 0.25) is 0 Å². The van der Waals surface area contributed by atoms with Crippen molar-refractivity contribution in [1.82, 2.24) is 0 Å². The molecule has 0 aliphatic rings. The molecule has 0 aromatic carbocycles. The van der Waals surface area contributed by atoms with Gasteiger partial charge in [-0.15, -0.1) is 0 Å². The van der Waals surface area contributed by atoms with Crippen LogP contribution in [0.3, 0.4) is 0 Å². The Kier molecular flexibility index (Phi) is 18.8. The van der Waals surface area contributed by atoms with E-state index in [4.69, 9.17) is 4.74 Å². The van der Waals surface area contributed by atoms with Crippen LogP contribution in [0.15, 0.2) is 0 Å². The Morgan fingerprint density at radius 1 is 0.692 bits per heavy atom. The highest BCUT2D eigenvalue weighted by atomic mass is 16.5. The highest BCUT2D eigenvalue weighted by Crippen LogP contribution is 2.15. The number of unbranched alkanes of at least 4 members (excludes halogenated alkanes) is 11. The monoisotopic (exact) mass is 368 g/mol. The Morgan fingerprint density at radius 2 is 1.19 bits per heavy atom. The lowest BCUT2D eigenvalue weighted by Gasteiger charge is -2.11. The fraction of sp³-hybridized carbons (Fsp3) is 0.958. The topological polar surface area (TPSA) is 26.3 Å². The summed E-state index contributed by atoms with van der Waals surface area (Å²) in [5.41, 5.74) is 0. The van der Waals surface area contributed by atoms with Gasteiger partial charge in [-0.3, -0.25) is 4.79 Å². The Balaban J connectivity index is 3.28. The summed E-state index contributed by atoms with van der Waals surface area (Å²) in [6.45, 7) is 9.50. The van der Waals surface area contributed by atoms with Crippen LogP contribution in [0.1, 0.15) is 130 Å². The summed E-state index contributed by atoms with van der Waals surface area (Å²) in [6, 6.07) is 0. The highest BCUT2D eigenvalue weighted by Gasteiger charge is 2.13. The molecule has 0 aliphatic carbocycles. The van der Waals surface area contributed by atoms with E-state index in [2.05, 4.69) is 20.8 Å². The van der Waals surface area contributed by atoms with Crippen LogP contribution >= 0.6 is 0 Å². The van der Waals surface area contributed by atoms with Crippen molar-refractivity contribution in [3.63, 3.8) is 0 Å². The van der Waals surface area contributed by atoms with E-state index in [0.717, 1.165) is 25.2 Å². The van der Waals surface area contributed by atoms with E-state index in [1.165, 1.54) is 83.5 Å². The minimum atomic E-state index is 0.0129. The zero-order valence-electron chi connectivity index (χ0n) is 18.5. The standard InChI is InChI=1S/C24H48O2/c1-5-7-8-17-20-23(4)24(25)26-21-18-15-13-11-9-10-12-14-16-19-22(3)6-2/h22-23H,5-21H2,1-4H3. The number of carbonyl (C=O) groups excluding carboxylic acids is 1. The molecule has 0 saturated heterocycles. The van der Waals surface area contributed by atoms with Crippen molar-refractivity contribution in [2.75, 3.05) is 6.61 Å². The third kappa shape index (κ3) is 16.9. The molecule has 0 N–H and O–H groups in total. The van der Waals surface area contributed by atoms with Gasteiger partial charge >= 0.3 is 5.97 Å². The SMILES string of the molecule is CCCCCCC(C)C(=O)OCCCCCCCCCCCC(C)CC. The van der Waals surface area contributed by atoms with Crippen LogP contribution < -0.4 is 0 Å². The van der Waals surface area contributed by atoms with Gasteiger partial charge in [-0.2, -0.15) is 0 Å². The normalized spacial score (nSPS) is 13.5. The molecule has 2 nitrogen and oxygen atoms in total. The van der Waals surface area contributed by atoms with Gasteiger partial charge in [0.05, 0.1) is 12.5 Å². The van der Waals surface area contributed by atoms with Crippen molar-refractivity contribution in [3.8, 4) is 0 Å². The Labute approximate surface area is 164 Å². The van der Waals surface area contributed by atoms with Crippen molar-refractivity contribution >= 4 is 5.97 Å². The molecule has 156 valence electrons. The number of esters is 1. The van der Waals surface area contributed by atoms with Gasteiger partial charge in [-0.25, -0.2) is 0 Å². The van der Waals surface area contributed by atoms with E-state index in [1.807, 2.05) is 6.92 Å². The number of ether oxygens (including phenoxy) is 1. The molecular weight excluding hydrogens is 320 g/mol. The quantitative estimate of drug-likeness (QED) is 0.170. The zero-order chi connectivity index (χ0) is 19.5. The van der Waals surface area contributed by atoms with Gasteiger partial charge in [-0.1, -0.05) is 118 Å². The summed E-state index contributed by atoms with van der Waals surface area (Å²) < 4.78 is 5.42. The largest absolute Gasteiger partial charge is 0.465 e. The molecule has 0 spiro atoms. The van der Waals surface area contributed by atoms with Gasteiger partial charge < -0.3 is 4.74 Å². The fourth-order valence-electron chi connectivity index (χ4n) is 3.35. The number of rotatable bonds is 19. The maximum absolute atomic E-state index is 11.9. The molecule has 0 heterocycles. The zero-order valence-corrected chi connectivity index (χ0v) is 18.5. The molecule has 0 saturated carbocycles. The number of hydrogen-bond acceptors (Lipinski definition) is 2. The first-order chi connectivity index (χ1) is 12.6. The van der Waals surface area contributed by atoms with E-state index < -0.39 is 0 Å². The summed E-state index contributed by atoms with van der Waals surface area (Å²) in [5, 5.41) is 0. The van der Waals surface area contributed by atoms with Crippen LogP contribution in [-0.2, 0) is 9.53 Å². The molecule has 0 aromatic heterocycles. The average Bonchev–Trinajstić information content (AvgIpc) is 2.65. The first-order valence-electron chi connectivity index (χ1n) is 11.8. The van der Waals surface area contributed by atoms with Gasteiger partial charge in [0.2, 0.25) is 0 Å². The van der Waals surface area contributed by atoms with E-state index >= 15 is 0 Å². The van der Waals surface area contributed by atoms with Crippen LogP contribution in [0, 0.1) is 11.8 Å². The molecule has 0 radical (unpaired) electrons. The van der Waals surface area contributed by atoms with E-state index in [-0.39, 0.29) is 11.9 Å². The third-order valence-corrected chi connectivity index (χ3v) is 5.68. The minimum Gasteiger partial charge on any atom is -0.465 e. The molecule has 0 amide bonds. The Bertz CT molecular complexity index is 301. The minimum absolute atomic E-state index is 0.0129. The Morgan fingerprint density at radius 3 is 1.77 bits per heavy atom. The summed E-state index contributed by atoms with van der Waals surface area (Å²) in [6.07, 6.45) is 20.5. The smallest absolute Gasteiger partial charge is 0.308 e. The summed E-state index contributed by atoms with van der Waals surface area (Å²) >= 11 is 0. The Hall–Kier alpha value is -0.530. The predicted octanol–water partition coefficient (Wildman–Crippen LogP) is 8.08. The predicted molar refractivity (Wildman–Crippen MR) is 115 cm³/mol. The van der Waals surface area contributed by atoms with E-state index in [9.17, 15) is 4.79 Å². The molecule has 0 rings (SSSR count). The van der Waals surface area contributed by atoms with Crippen molar-refractivity contribution in [1.29, 1.82) is 0 Å². The van der Waals surface area contributed by atoms with Gasteiger partial charge in [0, 0.05) is 0 Å². The molecule has 0 aliphatic heterocycles. The maximum Gasteiger partial charge on any atom is 0.308 e. The summed E-state index contributed by atoms with van der Waals surface area (Å²) in [5.74, 6) is 0.999. The third-order valence-electron chi connectivity index (χ3n) is 5.68. The molecule has 2 unspecified atom stereocenters. The van der Waals surface area contributed by atoms with Crippen LogP contribution in [0.25, 0.3) is 0 Å². The van der Waals surface area contributed by atoms with Gasteiger partial charge in [-0.05, 0) is 18.8 Å². The lowest BCUT2D eigenvalue weighted by Crippen LogP contribution is -2.15. The van der Waals surface area contributed by atoms with Gasteiger partial charge in [0.15, 0.2) is 0 Å². The second-order valence-electron chi connectivity index (χ2n) is 8.40. The lowest BCUT2D eigenvalue weighted by molar-refractivity contribution is -0.148. The summed E-state index contributed by atoms with van der Waals surface area (Å²) in [4.78, 5) is 11.9. The van der Waals surface area contributed by atoms with Crippen molar-refractivity contribution in [3.05, 3.63) is 0 Å². The molecule has 0 bridgehead atoms. The molecule has 2 atom stereocenters. The van der Waals surface area contributed by atoms with E-state index in [1.54, 1.807) is 0 Å². The average molecular weight is 369 g/mol. The fourth-order valence-corrected chi connectivity index (χ4v) is 3.35. The first kappa shape index (κ1) is 25.5. The number of carbonyl (C=O) groups is 1. The van der Waals surface area contributed by atoms with Crippen molar-refractivity contribution in [2.24, 2.45) is 11.8 Å². The van der Waals surface area contributed by atoms with Gasteiger partial charge in [0.25, 0.3) is 0 Å². The molecule has 2 heteroatoms. The van der Waals surface area contributed by atoms with Crippen LogP contribution in [0.5, 0.6) is 0 Å². The molecule has 0 aromatic rings. The van der Waals surface area contributed by atoms with Crippen LogP contribution in [-0.4, -0.2) is 12.6 Å². The highest BCUT2D eigenvalue weighted by molar-refractivity contribution is 5.71. The second-order valence-corrected chi connectivity index (χ2v) is 8.40. The lowest BCUT2D eigenvalue weighted by atomic mass is 9.99. The molecule has 26 heavy (non-hydrogen) atoms. The van der Waals surface area contributed by atoms with Crippen molar-refractivity contribution in [2.45, 2.75) is 130 Å². The second kappa shape index (κ2) is 19.2. The van der Waals surface area contributed by atoms with E-state index in [0.29, 0.717) is 6.61 Å². The maximum atomic E-state index is 11.9. The molecule has 0 fully saturated rings. The van der Waals surface area contributed by atoms with Crippen molar-refractivity contribution < 1.29 is 9.53 Å². The summed E-state index contributed by atoms with van der Waals surface area (Å²) in [7, 11) is 0.